The van der Waals surface area contributed by atoms with Gasteiger partial charge in [0.25, 0.3) is 0 Å². The molecule has 1 aromatic rings. The maximum Gasteiger partial charge on any atom is 0.0588 e. The Morgan fingerprint density at radius 1 is 1.05 bits per heavy atom. The molecule has 0 radical (unpaired) electrons. The maximum absolute atomic E-state index is 6.65. The van der Waals surface area contributed by atoms with Crippen molar-refractivity contribution in [3.05, 3.63) is 35.4 Å². The lowest BCUT2D eigenvalue weighted by Gasteiger charge is -2.29. The fourth-order valence-electron chi connectivity index (χ4n) is 3.21. The van der Waals surface area contributed by atoms with Gasteiger partial charge in [0.2, 0.25) is 0 Å². The first-order valence-corrected chi connectivity index (χ1v) is 9.05. The zero-order valence-electron chi connectivity index (χ0n) is 14.2. The number of rotatable bonds is 4. The highest BCUT2D eigenvalue weighted by molar-refractivity contribution is 6.20. The SMILES string of the molecule is CC(CC(Cl)c1ccc(C2CCCCC2)cc1)C(C)(C)C. The Kier molecular flexibility index (Phi) is 5.77. The quantitative estimate of drug-likeness (QED) is 0.521. The second-order valence-electron chi connectivity index (χ2n) is 7.97. The lowest BCUT2D eigenvalue weighted by atomic mass is 9.78. The summed E-state index contributed by atoms with van der Waals surface area (Å²) >= 11 is 6.65. The first-order chi connectivity index (χ1) is 9.88. The molecule has 118 valence electrons. The van der Waals surface area contributed by atoms with Crippen LogP contribution in [0.4, 0.5) is 0 Å². The van der Waals surface area contributed by atoms with Crippen molar-refractivity contribution in [2.24, 2.45) is 11.3 Å². The Bertz CT molecular complexity index is 420. The summed E-state index contributed by atoms with van der Waals surface area (Å²) < 4.78 is 0. The average molecular weight is 307 g/mol. The summed E-state index contributed by atoms with van der Waals surface area (Å²) in [5.41, 5.74) is 3.13. The minimum absolute atomic E-state index is 0.139. The molecule has 0 N–H and O–H groups in total. The van der Waals surface area contributed by atoms with Crippen molar-refractivity contribution in [3.8, 4) is 0 Å². The highest BCUT2D eigenvalue weighted by atomic mass is 35.5. The molecule has 0 bridgehead atoms. The monoisotopic (exact) mass is 306 g/mol. The average Bonchev–Trinajstić information content (AvgIpc) is 2.47. The summed E-state index contributed by atoms with van der Waals surface area (Å²) in [5.74, 6) is 1.41. The van der Waals surface area contributed by atoms with Crippen LogP contribution in [0.2, 0.25) is 0 Å². The van der Waals surface area contributed by atoms with Crippen molar-refractivity contribution in [2.75, 3.05) is 0 Å². The number of halogens is 1. The largest absolute Gasteiger partial charge is 0.118 e. The maximum atomic E-state index is 6.65. The minimum atomic E-state index is 0.139. The Labute approximate surface area is 136 Å². The van der Waals surface area contributed by atoms with Gasteiger partial charge in [0.15, 0.2) is 0 Å². The highest BCUT2D eigenvalue weighted by Gasteiger charge is 2.23. The fraction of sp³-hybridized carbons (Fsp3) is 0.700. The van der Waals surface area contributed by atoms with Crippen molar-refractivity contribution in [2.45, 2.75) is 77.5 Å². The third-order valence-corrected chi connectivity index (χ3v) is 5.84. The van der Waals surface area contributed by atoms with Crippen LogP contribution in [-0.4, -0.2) is 0 Å². The van der Waals surface area contributed by atoms with Crippen LogP contribution in [0.15, 0.2) is 24.3 Å². The summed E-state index contributed by atoms with van der Waals surface area (Å²) in [6, 6.07) is 9.17. The predicted octanol–water partition coefficient (Wildman–Crippen LogP) is 7.09. The van der Waals surface area contributed by atoms with Crippen LogP contribution < -0.4 is 0 Å². The van der Waals surface area contributed by atoms with Crippen LogP contribution in [-0.2, 0) is 0 Å². The number of hydrogen-bond donors (Lipinski definition) is 0. The van der Waals surface area contributed by atoms with Gasteiger partial charge in [0.1, 0.15) is 0 Å². The summed E-state index contributed by atoms with van der Waals surface area (Å²) in [6.07, 6.45) is 7.99. The minimum Gasteiger partial charge on any atom is -0.118 e. The van der Waals surface area contributed by atoms with E-state index in [-0.39, 0.29) is 5.38 Å². The van der Waals surface area contributed by atoms with Crippen LogP contribution in [0.25, 0.3) is 0 Å². The molecule has 2 unspecified atom stereocenters. The second kappa shape index (κ2) is 7.18. The fourth-order valence-corrected chi connectivity index (χ4v) is 3.63. The smallest absolute Gasteiger partial charge is 0.0588 e. The molecule has 2 rings (SSSR count). The van der Waals surface area contributed by atoms with Crippen LogP contribution in [0, 0.1) is 11.3 Å². The van der Waals surface area contributed by atoms with Gasteiger partial charge in [-0.1, -0.05) is 71.2 Å². The number of hydrogen-bond acceptors (Lipinski definition) is 0. The number of alkyl halides is 1. The van der Waals surface area contributed by atoms with E-state index in [9.17, 15) is 0 Å². The Morgan fingerprint density at radius 2 is 1.62 bits per heavy atom. The molecule has 1 aromatic carbocycles. The van der Waals surface area contributed by atoms with Gasteiger partial charge in [-0.2, -0.15) is 0 Å². The van der Waals surface area contributed by atoms with E-state index in [1.165, 1.54) is 43.2 Å². The molecular weight excluding hydrogens is 276 g/mol. The van der Waals surface area contributed by atoms with Crippen LogP contribution in [0.5, 0.6) is 0 Å². The van der Waals surface area contributed by atoms with Crippen molar-refractivity contribution in [1.29, 1.82) is 0 Å². The molecule has 21 heavy (non-hydrogen) atoms. The zero-order chi connectivity index (χ0) is 15.5. The Hall–Kier alpha value is -0.490. The number of benzene rings is 1. The van der Waals surface area contributed by atoms with Gasteiger partial charge in [0.05, 0.1) is 5.38 Å². The van der Waals surface area contributed by atoms with E-state index in [2.05, 4.69) is 52.0 Å². The Balaban J connectivity index is 1.97. The van der Waals surface area contributed by atoms with Gasteiger partial charge in [-0.05, 0) is 47.6 Å². The lowest BCUT2D eigenvalue weighted by Crippen LogP contribution is -2.18. The van der Waals surface area contributed by atoms with Crippen LogP contribution in [0.1, 0.15) is 88.6 Å². The molecule has 0 aliphatic heterocycles. The highest BCUT2D eigenvalue weighted by Crippen LogP contribution is 2.37. The van der Waals surface area contributed by atoms with Crippen molar-refractivity contribution >= 4 is 11.6 Å². The normalized spacial score (nSPS) is 20.2. The molecule has 1 saturated carbocycles. The molecule has 0 spiro atoms. The summed E-state index contributed by atoms with van der Waals surface area (Å²) in [7, 11) is 0. The van der Waals surface area contributed by atoms with E-state index in [0.717, 1.165) is 12.3 Å². The summed E-state index contributed by atoms with van der Waals surface area (Å²) in [4.78, 5) is 0. The molecule has 0 aromatic heterocycles. The molecular formula is C20H31Cl. The first-order valence-electron chi connectivity index (χ1n) is 8.62. The predicted molar refractivity (Wildman–Crippen MR) is 94.1 cm³/mol. The van der Waals surface area contributed by atoms with Gasteiger partial charge < -0.3 is 0 Å². The van der Waals surface area contributed by atoms with Gasteiger partial charge in [-0.3, -0.25) is 0 Å². The molecule has 1 heteroatoms. The molecule has 0 saturated heterocycles. The molecule has 0 heterocycles. The van der Waals surface area contributed by atoms with E-state index in [1.807, 2.05) is 0 Å². The van der Waals surface area contributed by atoms with E-state index >= 15 is 0 Å². The van der Waals surface area contributed by atoms with E-state index in [4.69, 9.17) is 11.6 Å². The van der Waals surface area contributed by atoms with Crippen molar-refractivity contribution in [1.82, 2.24) is 0 Å². The van der Waals surface area contributed by atoms with Gasteiger partial charge in [-0.15, -0.1) is 11.6 Å². The van der Waals surface area contributed by atoms with Gasteiger partial charge in [0, 0.05) is 0 Å². The lowest BCUT2D eigenvalue weighted by molar-refractivity contribution is 0.245. The third kappa shape index (κ3) is 4.74. The zero-order valence-corrected chi connectivity index (χ0v) is 14.9. The molecule has 0 nitrogen and oxygen atoms in total. The van der Waals surface area contributed by atoms with Crippen LogP contribution in [0.3, 0.4) is 0 Å². The molecule has 0 amide bonds. The Morgan fingerprint density at radius 3 is 2.14 bits per heavy atom. The molecule has 1 aliphatic rings. The molecule has 2 atom stereocenters. The molecule has 1 aliphatic carbocycles. The van der Waals surface area contributed by atoms with E-state index in [0.29, 0.717) is 11.3 Å². The summed E-state index contributed by atoms with van der Waals surface area (Å²) in [6.45, 7) is 9.21. The van der Waals surface area contributed by atoms with E-state index in [1.54, 1.807) is 0 Å². The first kappa shape index (κ1) is 16.9. The third-order valence-electron chi connectivity index (χ3n) is 5.41. The van der Waals surface area contributed by atoms with Crippen molar-refractivity contribution in [3.63, 3.8) is 0 Å². The van der Waals surface area contributed by atoms with Gasteiger partial charge in [-0.25, -0.2) is 0 Å². The standard InChI is InChI=1S/C20H31Cl/c1-15(20(2,3)4)14-19(21)18-12-10-17(11-13-18)16-8-6-5-7-9-16/h10-13,15-16,19H,5-9,14H2,1-4H3. The second-order valence-corrected chi connectivity index (χ2v) is 8.50. The van der Waals surface area contributed by atoms with E-state index < -0.39 is 0 Å². The summed E-state index contributed by atoms with van der Waals surface area (Å²) in [5, 5.41) is 0.139. The van der Waals surface area contributed by atoms with Crippen molar-refractivity contribution < 1.29 is 0 Å². The van der Waals surface area contributed by atoms with Gasteiger partial charge >= 0.3 is 0 Å². The van der Waals surface area contributed by atoms with Crippen LogP contribution >= 0.6 is 11.6 Å². The topological polar surface area (TPSA) is 0 Å². The molecule has 1 fully saturated rings.